The first-order valence-corrected chi connectivity index (χ1v) is 7.02. The SMILES string of the molecule is Cc1ccccc1OCCN(C)C(=O)c1cccc(Cl)n1. The van der Waals surface area contributed by atoms with Gasteiger partial charge in [-0.2, -0.15) is 0 Å². The number of hydrogen-bond donors (Lipinski definition) is 0. The highest BCUT2D eigenvalue weighted by atomic mass is 35.5. The minimum absolute atomic E-state index is 0.175. The van der Waals surface area contributed by atoms with E-state index >= 15 is 0 Å². The Morgan fingerprint density at radius 3 is 2.71 bits per heavy atom. The van der Waals surface area contributed by atoms with E-state index in [1.165, 1.54) is 0 Å². The molecule has 0 spiro atoms. The molecule has 0 aliphatic rings. The second-order valence-electron chi connectivity index (χ2n) is 4.69. The van der Waals surface area contributed by atoms with Crippen LogP contribution in [0.15, 0.2) is 42.5 Å². The molecule has 0 fully saturated rings. The lowest BCUT2D eigenvalue weighted by Gasteiger charge is -2.17. The molecule has 0 bridgehead atoms. The third kappa shape index (κ3) is 4.20. The molecule has 0 saturated heterocycles. The number of amides is 1. The van der Waals surface area contributed by atoms with Crippen molar-refractivity contribution in [2.24, 2.45) is 0 Å². The maximum atomic E-state index is 12.2. The number of para-hydroxylation sites is 1. The molecule has 4 nitrogen and oxygen atoms in total. The summed E-state index contributed by atoms with van der Waals surface area (Å²) in [5.74, 6) is 0.658. The van der Waals surface area contributed by atoms with Gasteiger partial charge in [-0.15, -0.1) is 0 Å². The topological polar surface area (TPSA) is 42.4 Å². The van der Waals surface area contributed by atoms with E-state index in [2.05, 4.69) is 4.98 Å². The quantitative estimate of drug-likeness (QED) is 0.797. The van der Waals surface area contributed by atoms with E-state index in [-0.39, 0.29) is 5.91 Å². The lowest BCUT2D eigenvalue weighted by atomic mass is 10.2. The molecule has 0 atom stereocenters. The van der Waals surface area contributed by atoms with E-state index in [0.29, 0.717) is 24.0 Å². The number of rotatable bonds is 5. The molecular formula is C16H17ClN2O2. The molecule has 0 saturated carbocycles. The Morgan fingerprint density at radius 2 is 2.00 bits per heavy atom. The first-order chi connectivity index (χ1) is 10.1. The van der Waals surface area contributed by atoms with Crippen molar-refractivity contribution in [1.82, 2.24) is 9.88 Å². The van der Waals surface area contributed by atoms with Crippen LogP contribution in [0.4, 0.5) is 0 Å². The van der Waals surface area contributed by atoms with Crippen LogP contribution in [0.1, 0.15) is 16.1 Å². The molecule has 0 unspecified atom stereocenters. The number of likely N-dealkylation sites (N-methyl/N-ethyl adjacent to an activating group) is 1. The van der Waals surface area contributed by atoms with E-state index in [4.69, 9.17) is 16.3 Å². The fraction of sp³-hybridized carbons (Fsp3) is 0.250. The normalized spacial score (nSPS) is 10.2. The van der Waals surface area contributed by atoms with Crippen LogP contribution < -0.4 is 4.74 Å². The lowest BCUT2D eigenvalue weighted by Crippen LogP contribution is -2.31. The zero-order valence-electron chi connectivity index (χ0n) is 12.0. The predicted octanol–water partition coefficient (Wildman–Crippen LogP) is 3.19. The van der Waals surface area contributed by atoms with Gasteiger partial charge in [-0.1, -0.05) is 35.9 Å². The number of carbonyl (C=O) groups is 1. The van der Waals surface area contributed by atoms with Gasteiger partial charge in [-0.25, -0.2) is 4.98 Å². The molecular weight excluding hydrogens is 288 g/mol. The molecule has 2 aromatic rings. The number of halogens is 1. The fourth-order valence-electron chi connectivity index (χ4n) is 1.84. The van der Waals surface area contributed by atoms with E-state index in [1.54, 1.807) is 30.1 Å². The monoisotopic (exact) mass is 304 g/mol. The number of pyridine rings is 1. The van der Waals surface area contributed by atoms with Crippen LogP contribution in [0.2, 0.25) is 5.15 Å². The van der Waals surface area contributed by atoms with Crippen molar-refractivity contribution in [1.29, 1.82) is 0 Å². The summed E-state index contributed by atoms with van der Waals surface area (Å²) in [7, 11) is 1.71. The molecule has 1 aromatic heterocycles. The number of benzene rings is 1. The van der Waals surface area contributed by atoms with Crippen molar-refractivity contribution < 1.29 is 9.53 Å². The summed E-state index contributed by atoms with van der Waals surface area (Å²) in [6.45, 7) is 2.88. The first kappa shape index (κ1) is 15.3. The molecule has 1 aromatic carbocycles. The van der Waals surface area contributed by atoms with E-state index in [1.807, 2.05) is 31.2 Å². The van der Waals surface area contributed by atoms with Gasteiger partial charge in [0.05, 0.1) is 6.54 Å². The van der Waals surface area contributed by atoms with Crippen molar-refractivity contribution >= 4 is 17.5 Å². The van der Waals surface area contributed by atoms with Crippen LogP contribution in [0, 0.1) is 6.92 Å². The molecule has 0 aliphatic carbocycles. The van der Waals surface area contributed by atoms with Crippen LogP contribution >= 0.6 is 11.6 Å². The standard InChI is InChI=1S/C16H17ClN2O2/c1-12-6-3-4-8-14(12)21-11-10-19(2)16(20)13-7-5-9-15(17)18-13/h3-9H,10-11H2,1-2H3. The Labute approximate surface area is 129 Å². The maximum Gasteiger partial charge on any atom is 0.272 e. The zero-order chi connectivity index (χ0) is 15.2. The lowest BCUT2D eigenvalue weighted by molar-refractivity contribution is 0.0768. The van der Waals surface area contributed by atoms with Crippen molar-refractivity contribution in [2.45, 2.75) is 6.92 Å². The van der Waals surface area contributed by atoms with Crippen LogP contribution in [0.3, 0.4) is 0 Å². The van der Waals surface area contributed by atoms with Gasteiger partial charge in [0.2, 0.25) is 0 Å². The van der Waals surface area contributed by atoms with E-state index < -0.39 is 0 Å². The minimum atomic E-state index is -0.175. The summed E-state index contributed by atoms with van der Waals surface area (Å²) >= 11 is 5.79. The molecule has 0 radical (unpaired) electrons. The third-order valence-corrected chi connectivity index (χ3v) is 3.27. The van der Waals surface area contributed by atoms with Crippen molar-refractivity contribution in [3.63, 3.8) is 0 Å². The number of ether oxygens (including phenoxy) is 1. The van der Waals surface area contributed by atoms with Gasteiger partial charge < -0.3 is 9.64 Å². The third-order valence-electron chi connectivity index (χ3n) is 3.06. The first-order valence-electron chi connectivity index (χ1n) is 6.64. The molecule has 1 amide bonds. The summed E-state index contributed by atoms with van der Waals surface area (Å²) in [5.41, 5.74) is 1.41. The Balaban J connectivity index is 1.89. The fourth-order valence-corrected chi connectivity index (χ4v) is 2.00. The second kappa shape index (κ2) is 7.09. The van der Waals surface area contributed by atoms with Gasteiger partial charge in [0.15, 0.2) is 0 Å². The molecule has 5 heteroatoms. The van der Waals surface area contributed by atoms with Crippen LogP contribution in [0.5, 0.6) is 5.75 Å². The molecule has 0 aliphatic heterocycles. The van der Waals surface area contributed by atoms with Crippen molar-refractivity contribution in [3.05, 3.63) is 58.9 Å². The van der Waals surface area contributed by atoms with Gasteiger partial charge in [-0.05, 0) is 30.7 Å². The van der Waals surface area contributed by atoms with Gasteiger partial charge >= 0.3 is 0 Å². The summed E-state index contributed by atoms with van der Waals surface area (Å²) in [6.07, 6.45) is 0. The highest BCUT2D eigenvalue weighted by Gasteiger charge is 2.13. The van der Waals surface area contributed by atoms with Gasteiger partial charge in [0.25, 0.3) is 5.91 Å². The maximum absolute atomic E-state index is 12.2. The van der Waals surface area contributed by atoms with Crippen LogP contribution in [-0.2, 0) is 0 Å². The van der Waals surface area contributed by atoms with E-state index in [0.717, 1.165) is 11.3 Å². The summed E-state index contributed by atoms with van der Waals surface area (Å²) in [4.78, 5) is 17.7. The zero-order valence-corrected chi connectivity index (χ0v) is 12.8. The Morgan fingerprint density at radius 1 is 1.24 bits per heavy atom. The summed E-state index contributed by atoms with van der Waals surface area (Å²) in [5, 5.41) is 0.311. The molecule has 21 heavy (non-hydrogen) atoms. The van der Waals surface area contributed by atoms with Gasteiger partial charge in [-0.3, -0.25) is 4.79 Å². The number of aromatic nitrogens is 1. The van der Waals surface area contributed by atoms with Crippen molar-refractivity contribution in [3.8, 4) is 5.75 Å². The van der Waals surface area contributed by atoms with Crippen molar-refractivity contribution in [2.75, 3.05) is 20.2 Å². The minimum Gasteiger partial charge on any atom is -0.491 e. The highest BCUT2D eigenvalue weighted by Crippen LogP contribution is 2.16. The second-order valence-corrected chi connectivity index (χ2v) is 5.07. The molecule has 110 valence electrons. The van der Waals surface area contributed by atoms with Crippen LogP contribution in [0.25, 0.3) is 0 Å². The Hall–Kier alpha value is -2.07. The average molecular weight is 305 g/mol. The number of nitrogens with zero attached hydrogens (tertiary/aromatic N) is 2. The predicted molar refractivity (Wildman–Crippen MR) is 82.9 cm³/mol. The molecule has 2 rings (SSSR count). The Bertz CT molecular complexity index is 631. The smallest absolute Gasteiger partial charge is 0.272 e. The number of aryl methyl sites for hydroxylation is 1. The summed E-state index contributed by atoms with van der Waals surface area (Å²) in [6, 6.07) is 12.8. The number of carbonyl (C=O) groups excluding carboxylic acids is 1. The average Bonchev–Trinajstić information content (AvgIpc) is 2.48. The van der Waals surface area contributed by atoms with Gasteiger partial charge in [0.1, 0.15) is 23.2 Å². The summed E-state index contributed by atoms with van der Waals surface area (Å²) < 4.78 is 5.68. The van der Waals surface area contributed by atoms with E-state index in [9.17, 15) is 4.79 Å². The number of hydrogen-bond acceptors (Lipinski definition) is 3. The largest absolute Gasteiger partial charge is 0.491 e. The van der Waals surface area contributed by atoms with Crippen LogP contribution in [-0.4, -0.2) is 36.0 Å². The Kier molecular flexibility index (Phi) is 5.17. The highest BCUT2D eigenvalue weighted by molar-refractivity contribution is 6.29. The molecule has 0 N–H and O–H groups in total. The van der Waals surface area contributed by atoms with Gasteiger partial charge in [0, 0.05) is 7.05 Å². The molecule has 1 heterocycles.